The first-order valence-electron chi connectivity index (χ1n) is 12.7. The molecule has 2 saturated carbocycles. The van der Waals surface area contributed by atoms with Crippen LogP contribution in [0.5, 0.6) is 0 Å². The summed E-state index contributed by atoms with van der Waals surface area (Å²) in [6, 6.07) is 10.9. The van der Waals surface area contributed by atoms with Gasteiger partial charge in [0.25, 0.3) is 0 Å². The second kappa shape index (κ2) is 10.9. The summed E-state index contributed by atoms with van der Waals surface area (Å²) >= 11 is 0. The van der Waals surface area contributed by atoms with Crippen LogP contribution >= 0.6 is 0 Å². The average Bonchev–Trinajstić information content (AvgIpc) is 2.81. The fourth-order valence-electron chi connectivity index (χ4n) is 6.11. The highest BCUT2D eigenvalue weighted by Gasteiger charge is 2.25. The quantitative estimate of drug-likeness (QED) is 0.419. The van der Waals surface area contributed by atoms with Crippen molar-refractivity contribution in [1.29, 1.82) is 0 Å². The number of halogens is 2. The van der Waals surface area contributed by atoms with Crippen LogP contribution in [-0.4, -0.2) is 13.7 Å². The first kappa shape index (κ1) is 23.4. The van der Waals surface area contributed by atoms with E-state index in [9.17, 15) is 0 Å². The van der Waals surface area contributed by atoms with Gasteiger partial charge in [0, 0.05) is 19.3 Å². The third-order valence-electron chi connectivity index (χ3n) is 8.01. The van der Waals surface area contributed by atoms with Crippen LogP contribution in [0.15, 0.2) is 36.4 Å². The minimum absolute atomic E-state index is 0.179. The van der Waals surface area contributed by atoms with Gasteiger partial charge in [-0.2, -0.15) is 0 Å². The highest BCUT2D eigenvalue weighted by Crippen LogP contribution is 2.40. The van der Waals surface area contributed by atoms with Crippen molar-refractivity contribution in [3.8, 4) is 11.1 Å². The largest absolute Gasteiger partial charge is 0.384 e. The monoisotopic (exact) mass is 440 g/mol. The molecule has 3 heteroatoms. The number of rotatable bonds is 7. The molecular formula is C29H38F2O. The molecule has 0 saturated heterocycles. The van der Waals surface area contributed by atoms with E-state index in [0.717, 1.165) is 62.2 Å². The third-order valence-corrected chi connectivity index (χ3v) is 8.01. The van der Waals surface area contributed by atoms with E-state index in [4.69, 9.17) is 4.74 Å². The molecule has 0 heterocycles. The number of methoxy groups -OCH3 is 1. The molecule has 0 amide bonds. The number of ether oxygens (including phenoxy) is 1. The molecule has 0 bridgehead atoms. The molecule has 0 aromatic heterocycles. The molecule has 0 spiro atoms. The fraction of sp³-hybridized carbons (Fsp3) is 0.586. The SMILES string of the molecule is CCCC1CCC(c2ccc(-c3ccc(C4CCC(COC)CC4)cc3F)cc2F)CC1. The lowest BCUT2D eigenvalue weighted by atomic mass is 9.77. The Labute approximate surface area is 192 Å². The normalized spacial score (nSPS) is 26.2. The molecule has 1 nitrogen and oxygen atoms in total. The molecular weight excluding hydrogens is 402 g/mol. The summed E-state index contributed by atoms with van der Waals surface area (Å²) in [5, 5.41) is 0. The van der Waals surface area contributed by atoms with E-state index >= 15 is 8.78 Å². The van der Waals surface area contributed by atoms with Crippen molar-refractivity contribution in [2.45, 2.75) is 83.0 Å². The summed E-state index contributed by atoms with van der Waals surface area (Å²) in [6.07, 6.45) is 11.5. The van der Waals surface area contributed by atoms with Crippen LogP contribution in [0.3, 0.4) is 0 Å². The molecule has 32 heavy (non-hydrogen) atoms. The second-order valence-corrected chi connectivity index (χ2v) is 10.2. The van der Waals surface area contributed by atoms with Crippen LogP contribution in [0.4, 0.5) is 8.78 Å². The van der Waals surface area contributed by atoms with Crippen molar-refractivity contribution in [2.24, 2.45) is 11.8 Å². The molecule has 2 fully saturated rings. The average molecular weight is 441 g/mol. The van der Waals surface area contributed by atoms with Gasteiger partial charge in [0.1, 0.15) is 11.6 Å². The van der Waals surface area contributed by atoms with Gasteiger partial charge in [-0.3, -0.25) is 0 Å². The van der Waals surface area contributed by atoms with Gasteiger partial charge >= 0.3 is 0 Å². The van der Waals surface area contributed by atoms with E-state index < -0.39 is 0 Å². The Morgan fingerprint density at radius 1 is 0.781 bits per heavy atom. The van der Waals surface area contributed by atoms with Crippen molar-refractivity contribution < 1.29 is 13.5 Å². The molecule has 2 aliphatic rings. The van der Waals surface area contributed by atoms with Gasteiger partial charge in [-0.1, -0.05) is 44.0 Å². The predicted octanol–water partition coefficient (Wildman–Crippen LogP) is 8.63. The molecule has 0 radical (unpaired) electrons. The van der Waals surface area contributed by atoms with Gasteiger partial charge in [0.2, 0.25) is 0 Å². The van der Waals surface area contributed by atoms with E-state index in [2.05, 4.69) is 6.92 Å². The Bertz CT molecular complexity index is 877. The van der Waals surface area contributed by atoms with Gasteiger partial charge in [-0.15, -0.1) is 0 Å². The maximum absolute atomic E-state index is 15.0. The Balaban J connectivity index is 1.43. The molecule has 0 unspecified atom stereocenters. The zero-order valence-corrected chi connectivity index (χ0v) is 19.7. The Morgan fingerprint density at radius 3 is 2.09 bits per heavy atom. The zero-order chi connectivity index (χ0) is 22.5. The third kappa shape index (κ3) is 5.42. The Hall–Kier alpha value is -1.74. The van der Waals surface area contributed by atoms with E-state index in [1.165, 1.54) is 25.7 Å². The maximum atomic E-state index is 15.0. The highest BCUT2D eigenvalue weighted by molar-refractivity contribution is 5.65. The Kier molecular flexibility index (Phi) is 7.99. The number of benzene rings is 2. The van der Waals surface area contributed by atoms with Crippen molar-refractivity contribution in [1.82, 2.24) is 0 Å². The summed E-state index contributed by atoms with van der Waals surface area (Å²) < 4.78 is 35.4. The van der Waals surface area contributed by atoms with Crippen LogP contribution in [0.25, 0.3) is 11.1 Å². The van der Waals surface area contributed by atoms with Crippen LogP contribution in [0.1, 0.15) is 94.1 Å². The Morgan fingerprint density at radius 2 is 1.47 bits per heavy atom. The molecule has 0 aliphatic heterocycles. The van der Waals surface area contributed by atoms with Crippen LogP contribution in [0, 0.1) is 23.5 Å². The fourth-order valence-corrected chi connectivity index (χ4v) is 6.11. The number of hydrogen-bond acceptors (Lipinski definition) is 1. The van der Waals surface area contributed by atoms with Crippen molar-refractivity contribution >= 4 is 0 Å². The first-order valence-corrected chi connectivity index (χ1v) is 12.7. The molecule has 2 aromatic rings. The zero-order valence-electron chi connectivity index (χ0n) is 19.7. The van der Waals surface area contributed by atoms with E-state index in [-0.39, 0.29) is 11.6 Å². The lowest BCUT2D eigenvalue weighted by molar-refractivity contribution is 0.127. The summed E-state index contributed by atoms with van der Waals surface area (Å²) in [4.78, 5) is 0. The molecule has 2 aliphatic carbocycles. The lowest BCUT2D eigenvalue weighted by Crippen LogP contribution is -2.17. The molecule has 174 valence electrons. The van der Waals surface area contributed by atoms with Crippen molar-refractivity contribution in [2.75, 3.05) is 13.7 Å². The minimum atomic E-state index is -0.242. The van der Waals surface area contributed by atoms with Gasteiger partial charge in [-0.05, 0) is 104 Å². The van der Waals surface area contributed by atoms with Gasteiger partial charge in [0.15, 0.2) is 0 Å². The topological polar surface area (TPSA) is 9.23 Å². The van der Waals surface area contributed by atoms with Crippen molar-refractivity contribution in [3.63, 3.8) is 0 Å². The van der Waals surface area contributed by atoms with E-state index in [0.29, 0.717) is 28.9 Å². The number of hydrogen-bond donors (Lipinski definition) is 0. The summed E-state index contributed by atoms with van der Waals surface area (Å²) in [5.41, 5.74) is 3.02. The summed E-state index contributed by atoms with van der Waals surface area (Å²) in [7, 11) is 1.76. The molecule has 0 N–H and O–H groups in total. The summed E-state index contributed by atoms with van der Waals surface area (Å²) in [5.74, 6) is 1.73. The van der Waals surface area contributed by atoms with E-state index in [1.807, 2.05) is 24.3 Å². The van der Waals surface area contributed by atoms with Crippen LogP contribution < -0.4 is 0 Å². The van der Waals surface area contributed by atoms with Crippen LogP contribution in [-0.2, 0) is 4.74 Å². The van der Waals surface area contributed by atoms with Crippen LogP contribution in [0.2, 0.25) is 0 Å². The first-order chi connectivity index (χ1) is 15.6. The molecule has 4 rings (SSSR count). The lowest BCUT2D eigenvalue weighted by Gasteiger charge is -2.29. The molecule has 2 aromatic carbocycles. The minimum Gasteiger partial charge on any atom is -0.384 e. The maximum Gasteiger partial charge on any atom is 0.131 e. The molecule has 0 atom stereocenters. The van der Waals surface area contributed by atoms with Gasteiger partial charge in [-0.25, -0.2) is 8.78 Å². The highest BCUT2D eigenvalue weighted by atomic mass is 19.1. The second-order valence-electron chi connectivity index (χ2n) is 10.2. The smallest absolute Gasteiger partial charge is 0.131 e. The van der Waals surface area contributed by atoms with Gasteiger partial charge in [0.05, 0.1) is 0 Å². The van der Waals surface area contributed by atoms with E-state index in [1.54, 1.807) is 19.2 Å². The van der Waals surface area contributed by atoms with Crippen molar-refractivity contribution in [3.05, 3.63) is 59.2 Å². The standard InChI is InChI=1S/C29H38F2O/c1-3-4-20-5-11-23(12-6-20)26-16-14-25(18-29(26)31)27-15-13-24(17-28(27)30)22-9-7-21(8-10-22)19-32-2/h13-18,20-23H,3-12,19H2,1-2H3. The van der Waals surface area contributed by atoms with Gasteiger partial charge < -0.3 is 4.74 Å². The summed E-state index contributed by atoms with van der Waals surface area (Å²) in [6.45, 7) is 3.06. The predicted molar refractivity (Wildman–Crippen MR) is 128 cm³/mol.